The van der Waals surface area contributed by atoms with Gasteiger partial charge in [0.05, 0.1) is 17.3 Å². The molecule has 1 atom stereocenters. The van der Waals surface area contributed by atoms with Crippen LogP contribution < -0.4 is 10.2 Å². The van der Waals surface area contributed by atoms with Gasteiger partial charge in [-0.05, 0) is 26.8 Å². The lowest BCUT2D eigenvalue weighted by molar-refractivity contribution is -0.137. The molecular formula is C16H21F3N4O2. The third-order valence-electron chi connectivity index (χ3n) is 4.13. The maximum absolute atomic E-state index is 12.8. The van der Waals surface area contributed by atoms with Crippen molar-refractivity contribution in [3.63, 3.8) is 0 Å². The summed E-state index contributed by atoms with van der Waals surface area (Å²) >= 11 is 0. The zero-order chi connectivity index (χ0) is 18.4. The SMILES string of the molecule is CC(C)(C)OC(=O)N1CCN2c3ncc(C(F)(F)F)cc3NC[C@H]2C1. The number of fused-ring (bicyclic) bond motifs is 3. The fourth-order valence-electron chi connectivity index (χ4n) is 3.00. The zero-order valence-electron chi connectivity index (χ0n) is 14.4. The number of ether oxygens (including phenoxy) is 1. The average Bonchev–Trinajstić information content (AvgIpc) is 2.51. The second kappa shape index (κ2) is 5.96. The monoisotopic (exact) mass is 358 g/mol. The molecule has 0 radical (unpaired) electrons. The van der Waals surface area contributed by atoms with Crippen molar-refractivity contribution < 1.29 is 22.7 Å². The van der Waals surface area contributed by atoms with Crippen molar-refractivity contribution in [1.82, 2.24) is 9.88 Å². The number of alkyl halides is 3. The van der Waals surface area contributed by atoms with E-state index in [2.05, 4.69) is 10.3 Å². The molecule has 1 aromatic rings. The molecule has 138 valence electrons. The number of carbonyl (C=O) groups is 1. The number of nitrogens with one attached hydrogen (secondary N) is 1. The number of piperazine rings is 1. The lowest BCUT2D eigenvalue weighted by atomic mass is 10.1. The van der Waals surface area contributed by atoms with Crippen LogP contribution in [-0.2, 0) is 10.9 Å². The van der Waals surface area contributed by atoms with Gasteiger partial charge in [0.25, 0.3) is 0 Å². The summed E-state index contributed by atoms with van der Waals surface area (Å²) in [5.41, 5.74) is -0.970. The maximum atomic E-state index is 12.8. The molecular weight excluding hydrogens is 337 g/mol. The van der Waals surface area contributed by atoms with Crippen LogP contribution in [0.25, 0.3) is 0 Å². The van der Waals surface area contributed by atoms with Gasteiger partial charge in [-0.1, -0.05) is 0 Å². The molecule has 2 aliphatic heterocycles. The van der Waals surface area contributed by atoms with Crippen LogP contribution in [0.15, 0.2) is 12.3 Å². The van der Waals surface area contributed by atoms with E-state index in [1.807, 2.05) is 25.7 Å². The predicted molar refractivity (Wildman–Crippen MR) is 86.7 cm³/mol. The van der Waals surface area contributed by atoms with Crippen LogP contribution in [0.3, 0.4) is 0 Å². The van der Waals surface area contributed by atoms with Crippen LogP contribution in [0.2, 0.25) is 0 Å². The molecule has 0 bridgehead atoms. The maximum Gasteiger partial charge on any atom is 0.417 e. The summed E-state index contributed by atoms with van der Waals surface area (Å²) in [5, 5.41) is 3.00. The minimum atomic E-state index is -4.42. The van der Waals surface area contributed by atoms with Crippen LogP contribution in [0, 0.1) is 0 Å². The van der Waals surface area contributed by atoms with Gasteiger partial charge in [0, 0.05) is 32.4 Å². The van der Waals surface area contributed by atoms with Gasteiger partial charge in [0.1, 0.15) is 5.60 Å². The molecule has 3 heterocycles. The fraction of sp³-hybridized carbons (Fsp3) is 0.625. The Bertz CT molecular complexity index is 672. The summed E-state index contributed by atoms with van der Waals surface area (Å²) in [5.74, 6) is 0.494. The molecule has 6 nitrogen and oxygen atoms in total. The Morgan fingerprint density at radius 3 is 2.68 bits per heavy atom. The van der Waals surface area contributed by atoms with Crippen LogP contribution in [0.4, 0.5) is 29.5 Å². The van der Waals surface area contributed by atoms with Crippen molar-refractivity contribution in [2.24, 2.45) is 0 Å². The molecule has 25 heavy (non-hydrogen) atoms. The van der Waals surface area contributed by atoms with E-state index in [1.54, 1.807) is 4.90 Å². The third kappa shape index (κ3) is 3.74. The van der Waals surface area contributed by atoms with Gasteiger partial charge in [-0.25, -0.2) is 9.78 Å². The molecule has 0 aromatic carbocycles. The quantitative estimate of drug-likeness (QED) is 0.773. The molecule has 3 rings (SSSR count). The predicted octanol–water partition coefficient (Wildman–Crippen LogP) is 2.95. The van der Waals surface area contributed by atoms with E-state index >= 15 is 0 Å². The van der Waals surface area contributed by atoms with Crippen molar-refractivity contribution in [3.05, 3.63) is 17.8 Å². The van der Waals surface area contributed by atoms with Crippen LogP contribution >= 0.6 is 0 Å². The van der Waals surface area contributed by atoms with E-state index < -0.39 is 17.3 Å². The molecule has 9 heteroatoms. The van der Waals surface area contributed by atoms with Crippen LogP contribution in [0.5, 0.6) is 0 Å². The van der Waals surface area contributed by atoms with Crippen LogP contribution in [-0.4, -0.2) is 53.8 Å². The average molecular weight is 358 g/mol. The summed E-state index contributed by atoms with van der Waals surface area (Å²) in [7, 11) is 0. The van der Waals surface area contributed by atoms with Crippen molar-refractivity contribution in [3.8, 4) is 0 Å². The fourth-order valence-corrected chi connectivity index (χ4v) is 3.00. The van der Waals surface area contributed by atoms with Gasteiger partial charge in [0.15, 0.2) is 5.82 Å². The molecule has 1 N–H and O–H groups in total. The third-order valence-corrected chi connectivity index (χ3v) is 4.13. The van der Waals surface area contributed by atoms with E-state index in [0.717, 1.165) is 12.3 Å². The van der Waals surface area contributed by atoms with E-state index in [0.29, 0.717) is 37.7 Å². The zero-order valence-corrected chi connectivity index (χ0v) is 14.4. The standard InChI is InChI=1S/C16H21F3N4O2/c1-15(2,3)25-14(24)22-4-5-23-11(9-22)8-20-12-6-10(16(17,18)19)7-21-13(12)23/h6-7,11,20H,4-5,8-9H2,1-3H3/t11-/m0/s1. The van der Waals surface area contributed by atoms with Crippen LogP contribution in [0.1, 0.15) is 26.3 Å². The number of hydrogen-bond acceptors (Lipinski definition) is 5. The second-order valence-corrected chi connectivity index (χ2v) is 7.25. The molecule has 1 aromatic heterocycles. The highest BCUT2D eigenvalue weighted by Crippen LogP contribution is 2.36. The van der Waals surface area contributed by atoms with Gasteiger partial charge >= 0.3 is 12.3 Å². The number of carbonyl (C=O) groups excluding carboxylic acids is 1. The first kappa shape index (κ1) is 17.6. The summed E-state index contributed by atoms with van der Waals surface area (Å²) < 4.78 is 43.9. The van der Waals surface area contributed by atoms with Gasteiger partial charge in [-0.2, -0.15) is 13.2 Å². The Labute approximate surface area is 143 Å². The van der Waals surface area contributed by atoms with Crippen molar-refractivity contribution >= 4 is 17.6 Å². The Kier molecular flexibility index (Phi) is 4.20. The van der Waals surface area contributed by atoms with Gasteiger partial charge in [-0.15, -0.1) is 0 Å². The number of nitrogens with zero attached hydrogens (tertiary/aromatic N) is 3. The van der Waals surface area contributed by atoms with E-state index in [-0.39, 0.29) is 12.1 Å². The van der Waals surface area contributed by atoms with E-state index in [9.17, 15) is 18.0 Å². The number of halogens is 3. The highest BCUT2D eigenvalue weighted by atomic mass is 19.4. The first-order valence-corrected chi connectivity index (χ1v) is 8.10. The normalized spacial score (nSPS) is 20.5. The first-order valence-electron chi connectivity index (χ1n) is 8.10. The largest absolute Gasteiger partial charge is 0.444 e. The topological polar surface area (TPSA) is 57.7 Å². The Balaban J connectivity index is 1.74. The molecule has 0 unspecified atom stereocenters. The molecule has 0 spiro atoms. The van der Waals surface area contributed by atoms with E-state index in [4.69, 9.17) is 4.74 Å². The van der Waals surface area contributed by atoms with Gasteiger partial charge < -0.3 is 19.9 Å². The molecule has 1 saturated heterocycles. The number of aromatic nitrogens is 1. The molecule has 0 aliphatic carbocycles. The van der Waals surface area contributed by atoms with Crippen molar-refractivity contribution in [1.29, 1.82) is 0 Å². The minimum Gasteiger partial charge on any atom is -0.444 e. The Morgan fingerprint density at radius 2 is 2.04 bits per heavy atom. The van der Waals surface area contributed by atoms with E-state index in [1.165, 1.54) is 0 Å². The van der Waals surface area contributed by atoms with Gasteiger partial charge in [0.2, 0.25) is 0 Å². The summed E-state index contributed by atoms with van der Waals surface area (Å²) in [6.07, 6.45) is -3.95. The first-order chi connectivity index (χ1) is 11.5. The highest BCUT2D eigenvalue weighted by molar-refractivity contribution is 5.72. The Hall–Kier alpha value is -2.19. The number of anilines is 2. The molecule has 0 saturated carbocycles. The smallest absolute Gasteiger partial charge is 0.417 e. The Morgan fingerprint density at radius 1 is 1.32 bits per heavy atom. The van der Waals surface area contributed by atoms with Crippen molar-refractivity contribution in [2.45, 2.75) is 38.6 Å². The molecule has 2 aliphatic rings. The molecule has 1 amide bonds. The second-order valence-electron chi connectivity index (χ2n) is 7.25. The molecule has 1 fully saturated rings. The van der Waals surface area contributed by atoms with Crippen molar-refractivity contribution in [2.75, 3.05) is 36.4 Å². The minimum absolute atomic E-state index is 0.0574. The number of hydrogen-bond donors (Lipinski definition) is 1. The number of pyridine rings is 1. The lowest BCUT2D eigenvalue weighted by Crippen LogP contribution is -2.59. The summed E-state index contributed by atoms with van der Waals surface area (Å²) in [4.78, 5) is 19.8. The number of rotatable bonds is 0. The lowest BCUT2D eigenvalue weighted by Gasteiger charge is -2.45. The number of amides is 1. The summed E-state index contributed by atoms with van der Waals surface area (Å²) in [6, 6.07) is 1.02. The van der Waals surface area contributed by atoms with Gasteiger partial charge in [-0.3, -0.25) is 0 Å². The highest BCUT2D eigenvalue weighted by Gasteiger charge is 2.38. The summed E-state index contributed by atoms with van der Waals surface area (Å²) in [6.45, 7) is 7.23.